The van der Waals surface area contributed by atoms with Gasteiger partial charge < -0.3 is 4.90 Å². The van der Waals surface area contributed by atoms with Crippen LogP contribution < -0.4 is 0 Å². The van der Waals surface area contributed by atoms with Gasteiger partial charge in [-0.3, -0.25) is 4.79 Å². The van der Waals surface area contributed by atoms with Crippen molar-refractivity contribution in [2.24, 2.45) is 11.8 Å². The molecule has 2 atom stereocenters. The van der Waals surface area contributed by atoms with Crippen LogP contribution in [-0.4, -0.2) is 29.8 Å². The molecule has 0 heterocycles. The number of halogens is 1. The van der Waals surface area contributed by atoms with E-state index in [-0.39, 0.29) is 5.92 Å². The SMILES string of the molecule is CCN(CC)C(=O)C1CC1CCl.c1ccccc1. The van der Waals surface area contributed by atoms with E-state index in [1.165, 1.54) is 0 Å². The molecule has 0 radical (unpaired) electrons. The summed E-state index contributed by atoms with van der Waals surface area (Å²) in [6, 6.07) is 12.0. The zero-order valence-corrected chi connectivity index (χ0v) is 11.9. The quantitative estimate of drug-likeness (QED) is 0.766. The van der Waals surface area contributed by atoms with Gasteiger partial charge in [-0.15, -0.1) is 11.6 Å². The van der Waals surface area contributed by atoms with Gasteiger partial charge in [-0.05, 0) is 26.2 Å². The summed E-state index contributed by atoms with van der Waals surface area (Å²) in [5, 5.41) is 0. The van der Waals surface area contributed by atoms with Gasteiger partial charge in [0.05, 0.1) is 0 Å². The normalized spacial score (nSPS) is 20.6. The van der Waals surface area contributed by atoms with Crippen molar-refractivity contribution in [3.05, 3.63) is 36.4 Å². The van der Waals surface area contributed by atoms with Crippen LogP contribution in [0.3, 0.4) is 0 Å². The zero-order chi connectivity index (χ0) is 13.4. The number of carbonyl (C=O) groups excluding carboxylic acids is 1. The molecule has 0 aromatic heterocycles. The molecule has 2 unspecified atom stereocenters. The summed E-state index contributed by atoms with van der Waals surface area (Å²) >= 11 is 5.66. The lowest BCUT2D eigenvalue weighted by Crippen LogP contribution is -2.32. The first-order valence-electron chi connectivity index (χ1n) is 6.59. The maximum Gasteiger partial charge on any atom is 0.225 e. The van der Waals surface area contributed by atoms with E-state index in [1.807, 2.05) is 55.1 Å². The molecule has 3 heteroatoms. The molecular formula is C15H22ClNO. The molecule has 1 aliphatic rings. The second-order valence-electron chi connectivity index (χ2n) is 4.42. The molecule has 0 N–H and O–H groups in total. The van der Waals surface area contributed by atoms with Gasteiger partial charge in [0.15, 0.2) is 0 Å². The van der Waals surface area contributed by atoms with Crippen molar-refractivity contribution in [3.8, 4) is 0 Å². The summed E-state index contributed by atoms with van der Waals surface area (Å²) in [6.07, 6.45) is 0.999. The Balaban J connectivity index is 0.000000225. The number of nitrogens with zero attached hydrogens (tertiary/aromatic N) is 1. The van der Waals surface area contributed by atoms with Gasteiger partial charge in [0.2, 0.25) is 5.91 Å². The van der Waals surface area contributed by atoms with E-state index in [4.69, 9.17) is 11.6 Å². The Hall–Kier alpha value is -1.02. The van der Waals surface area contributed by atoms with Crippen molar-refractivity contribution >= 4 is 17.5 Å². The molecule has 18 heavy (non-hydrogen) atoms. The topological polar surface area (TPSA) is 20.3 Å². The van der Waals surface area contributed by atoms with Gasteiger partial charge >= 0.3 is 0 Å². The Morgan fingerprint density at radius 3 is 1.83 bits per heavy atom. The van der Waals surface area contributed by atoms with Crippen LogP contribution in [0.25, 0.3) is 0 Å². The highest BCUT2D eigenvalue weighted by atomic mass is 35.5. The lowest BCUT2D eigenvalue weighted by molar-refractivity contribution is -0.132. The molecule has 1 saturated carbocycles. The highest BCUT2D eigenvalue weighted by Crippen LogP contribution is 2.40. The third-order valence-corrected chi connectivity index (χ3v) is 3.58. The minimum atomic E-state index is 0.238. The van der Waals surface area contributed by atoms with Crippen LogP contribution in [-0.2, 0) is 4.79 Å². The van der Waals surface area contributed by atoms with Crippen molar-refractivity contribution in [3.63, 3.8) is 0 Å². The lowest BCUT2D eigenvalue weighted by Gasteiger charge is -2.18. The predicted molar refractivity (Wildman–Crippen MR) is 76.7 cm³/mol. The highest BCUT2D eigenvalue weighted by molar-refractivity contribution is 6.18. The number of alkyl halides is 1. The number of amides is 1. The van der Waals surface area contributed by atoms with Gasteiger partial charge in [0.25, 0.3) is 0 Å². The molecule has 100 valence electrons. The molecule has 0 aliphatic heterocycles. The maximum absolute atomic E-state index is 11.6. The van der Waals surface area contributed by atoms with E-state index in [0.29, 0.717) is 17.7 Å². The number of carbonyl (C=O) groups is 1. The van der Waals surface area contributed by atoms with Gasteiger partial charge in [-0.1, -0.05) is 36.4 Å². The first-order chi connectivity index (χ1) is 8.74. The molecule has 0 bridgehead atoms. The summed E-state index contributed by atoms with van der Waals surface area (Å²) in [5.74, 6) is 1.63. The first-order valence-corrected chi connectivity index (χ1v) is 7.12. The van der Waals surface area contributed by atoms with Crippen LogP contribution in [0.5, 0.6) is 0 Å². The average molecular weight is 268 g/mol. The van der Waals surface area contributed by atoms with Crippen molar-refractivity contribution in [2.75, 3.05) is 19.0 Å². The fourth-order valence-corrected chi connectivity index (χ4v) is 2.22. The van der Waals surface area contributed by atoms with Gasteiger partial charge in [-0.25, -0.2) is 0 Å². The summed E-state index contributed by atoms with van der Waals surface area (Å²) in [7, 11) is 0. The molecule has 2 rings (SSSR count). The van der Waals surface area contributed by atoms with Gasteiger partial charge in [0.1, 0.15) is 0 Å². The van der Waals surface area contributed by atoms with Gasteiger partial charge in [0, 0.05) is 24.9 Å². The van der Waals surface area contributed by atoms with E-state index in [0.717, 1.165) is 19.5 Å². The number of benzene rings is 1. The molecular weight excluding hydrogens is 246 g/mol. The van der Waals surface area contributed by atoms with E-state index in [9.17, 15) is 4.79 Å². The number of hydrogen-bond donors (Lipinski definition) is 0. The monoisotopic (exact) mass is 267 g/mol. The molecule has 1 fully saturated rings. The predicted octanol–water partition coefficient (Wildman–Crippen LogP) is 3.42. The minimum absolute atomic E-state index is 0.238. The third-order valence-electron chi connectivity index (χ3n) is 3.18. The molecule has 0 saturated heterocycles. The molecule has 2 nitrogen and oxygen atoms in total. The van der Waals surface area contributed by atoms with Crippen LogP contribution in [0.4, 0.5) is 0 Å². The summed E-state index contributed by atoms with van der Waals surface area (Å²) in [5.41, 5.74) is 0. The van der Waals surface area contributed by atoms with E-state index in [1.54, 1.807) is 0 Å². The van der Waals surface area contributed by atoms with Crippen molar-refractivity contribution in [1.82, 2.24) is 4.90 Å². The summed E-state index contributed by atoms with van der Waals surface area (Å²) in [6.45, 7) is 5.67. The van der Waals surface area contributed by atoms with Gasteiger partial charge in [-0.2, -0.15) is 0 Å². The van der Waals surface area contributed by atoms with Crippen LogP contribution in [0.1, 0.15) is 20.3 Å². The second-order valence-corrected chi connectivity index (χ2v) is 4.73. The molecule has 1 aromatic rings. The Morgan fingerprint density at radius 1 is 1.11 bits per heavy atom. The van der Waals surface area contributed by atoms with Crippen molar-refractivity contribution in [2.45, 2.75) is 20.3 Å². The fourth-order valence-electron chi connectivity index (χ4n) is 1.88. The summed E-state index contributed by atoms with van der Waals surface area (Å²) < 4.78 is 0. The van der Waals surface area contributed by atoms with Crippen LogP contribution in [0, 0.1) is 11.8 Å². The van der Waals surface area contributed by atoms with E-state index < -0.39 is 0 Å². The average Bonchev–Trinajstić information content (AvgIpc) is 3.22. The van der Waals surface area contributed by atoms with Crippen LogP contribution in [0.2, 0.25) is 0 Å². The van der Waals surface area contributed by atoms with E-state index >= 15 is 0 Å². The summed E-state index contributed by atoms with van der Waals surface area (Å²) in [4.78, 5) is 13.5. The van der Waals surface area contributed by atoms with E-state index in [2.05, 4.69) is 0 Å². The lowest BCUT2D eigenvalue weighted by atomic mass is 10.3. The Labute approximate surface area is 115 Å². The molecule has 0 spiro atoms. The Morgan fingerprint density at radius 2 is 1.56 bits per heavy atom. The largest absolute Gasteiger partial charge is 0.343 e. The van der Waals surface area contributed by atoms with Crippen LogP contribution in [0.15, 0.2) is 36.4 Å². The Kier molecular flexibility index (Phi) is 6.81. The van der Waals surface area contributed by atoms with Crippen LogP contribution >= 0.6 is 11.6 Å². The van der Waals surface area contributed by atoms with Crippen molar-refractivity contribution < 1.29 is 4.79 Å². The Bertz CT molecular complexity index is 311. The third kappa shape index (κ3) is 4.69. The maximum atomic E-state index is 11.6. The zero-order valence-electron chi connectivity index (χ0n) is 11.2. The smallest absolute Gasteiger partial charge is 0.225 e. The molecule has 1 aromatic carbocycles. The number of rotatable bonds is 4. The van der Waals surface area contributed by atoms with Crippen molar-refractivity contribution in [1.29, 1.82) is 0 Å². The first kappa shape index (κ1) is 15.0. The highest BCUT2D eigenvalue weighted by Gasteiger charge is 2.43. The molecule has 1 amide bonds. The minimum Gasteiger partial charge on any atom is -0.343 e. The second kappa shape index (κ2) is 8.15. The fraction of sp³-hybridized carbons (Fsp3) is 0.533. The number of hydrogen-bond acceptors (Lipinski definition) is 1. The molecule has 1 aliphatic carbocycles. The standard InChI is InChI=1S/C9H16ClNO.C6H6/c1-3-11(4-2)9(12)8-5-7(8)6-10;1-2-4-6-5-3-1/h7-8H,3-6H2,1-2H3;1-6H.